The van der Waals surface area contributed by atoms with E-state index in [1.165, 1.54) is 12.1 Å². The molecule has 0 aromatic heterocycles. The van der Waals surface area contributed by atoms with Crippen molar-refractivity contribution in [2.24, 2.45) is 0 Å². The first-order chi connectivity index (χ1) is 15.5. The molecule has 3 aromatic carbocycles. The molecule has 5 nitrogen and oxygen atoms in total. The van der Waals surface area contributed by atoms with Gasteiger partial charge in [-0.1, -0.05) is 42.5 Å². The van der Waals surface area contributed by atoms with E-state index in [0.717, 1.165) is 27.8 Å². The number of ether oxygens (including phenoxy) is 1. The summed E-state index contributed by atoms with van der Waals surface area (Å²) in [4.78, 5) is 26.6. The van der Waals surface area contributed by atoms with Crippen LogP contribution in [0, 0.1) is 17.1 Å². The van der Waals surface area contributed by atoms with Gasteiger partial charge < -0.3 is 4.74 Å². The minimum absolute atomic E-state index is 0.0542. The molecule has 1 aliphatic rings. The van der Waals surface area contributed by atoms with Gasteiger partial charge in [0.25, 0.3) is 11.1 Å². The molecule has 32 heavy (non-hydrogen) atoms. The number of imide groups is 1. The van der Waals surface area contributed by atoms with E-state index in [4.69, 9.17) is 4.74 Å². The van der Waals surface area contributed by atoms with Crippen molar-refractivity contribution in [3.63, 3.8) is 0 Å². The summed E-state index contributed by atoms with van der Waals surface area (Å²) < 4.78 is 18.9. The number of carbonyl (C=O) groups excluding carboxylic acids is 2. The van der Waals surface area contributed by atoms with Gasteiger partial charge in [-0.05, 0) is 64.9 Å². The molecule has 0 radical (unpaired) electrons. The summed E-state index contributed by atoms with van der Waals surface area (Å²) in [7, 11) is 0. The van der Waals surface area contributed by atoms with Crippen LogP contribution in [0.4, 0.5) is 9.18 Å². The predicted molar refractivity (Wildman–Crippen MR) is 120 cm³/mol. The Morgan fingerprint density at radius 2 is 1.81 bits per heavy atom. The van der Waals surface area contributed by atoms with Crippen molar-refractivity contribution in [2.75, 3.05) is 0 Å². The molecule has 0 aliphatic carbocycles. The van der Waals surface area contributed by atoms with Crippen LogP contribution in [0.1, 0.15) is 22.3 Å². The Bertz CT molecular complexity index is 1250. The Labute approximate surface area is 188 Å². The highest BCUT2D eigenvalue weighted by molar-refractivity contribution is 8.18. The normalized spacial score (nSPS) is 14.6. The molecule has 0 spiro atoms. The molecule has 3 aromatic rings. The van der Waals surface area contributed by atoms with Gasteiger partial charge in [-0.2, -0.15) is 5.26 Å². The van der Waals surface area contributed by atoms with E-state index in [9.17, 15) is 19.2 Å². The van der Waals surface area contributed by atoms with Gasteiger partial charge in [0.1, 0.15) is 18.2 Å². The topological polar surface area (TPSA) is 70.4 Å². The van der Waals surface area contributed by atoms with Crippen LogP contribution in [0.5, 0.6) is 5.75 Å². The highest BCUT2D eigenvalue weighted by atomic mass is 32.2. The van der Waals surface area contributed by atoms with Crippen LogP contribution in [-0.2, 0) is 17.9 Å². The van der Waals surface area contributed by atoms with Crippen molar-refractivity contribution in [3.05, 3.63) is 106 Å². The Morgan fingerprint density at radius 1 is 1.03 bits per heavy atom. The summed E-state index contributed by atoms with van der Waals surface area (Å²) >= 11 is 0.871. The molecule has 1 saturated heterocycles. The number of halogens is 1. The van der Waals surface area contributed by atoms with Gasteiger partial charge in [-0.25, -0.2) is 4.39 Å². The minimum atomic E-state index is -0.390. The molecule has 7 heteroatoms. The fourth-order valence-corrected chi connectivity index (χ4v) is 4.02. The van der Waals surface area contributed by atoms with Crippen molar-refractivity contribution < 1.29 is 18.7 Å². The molecule has 2 amide bonds. The lowest BCUT2D eigenvalue weighted by molar-refractivity contribution is -0.123. The lowest BCUT2D eigenvalue weighted by atomic mass is 10.1. The average Bonchev–Trinajstić information content (AvgIpc) is 3.06. The number of thioether (sulfide) groups is 1. The number of rotatable bonds is 6. The maximum absolute atomic E-state index is 13.3. The smallest absolute Gasteiger partial charge is 0.293 e. The van der Waals surface area contributed by atoms with Crippen LogP contribution in [0.15, 0.2) is 77.7 Å². The van der Waals surface area contributed by atoms with E-state index in [0.29, 0.717) is 21.8 Å². The Balaban J connectivity index is 1.43. The van der Waals surface area contributed by atoms with Crippen LogP contribution >= 0.6 is 11.8 Å². The van der Waals surface area contributed by atoms with Crippen LogP contribution in [-0.4, -0.2) is 16.0 Å². The molecule has 0 bridgehead atoms. The lowest BCUT2D eigenvalue weighted by Gasteiger charge is -2.13. The third-order valence-corrected chi connectivity index (χ3v) is 5.72. The van der Waals surface area contributed by atoms with Crippen LogP contribution in [0.3, 0.4) is 0 Å². The Hall–Kier alpha value is -3.89. The molecular weight excluding hydrogens is 427 g/mol. The van der Waals surface area contributed by atoms with E-state index in [-0.39, 0.29) is 30.1 Å². The summed E-state index contributed by atoms with van der Waals surface area (Å²) in [6.45, 7) is 0.290. The van der Waals surface area contributed by atoms with Crippen molar-refractivity contribution in [2.45, 2.75) is 13.2 Å². The van der Waals surface area contributed by atoms with Gasteiger partial charge in [0.2, 0.25) is 0 Å². The fourth-order valence-electron chi connectivity index (χ4n) is 3.18. The first kappa shape index (κ1) is 21.3. The minimum Gasteiger partial charge on any atom is -0.489 e. The summed E-state index contributed by atoms with van der Waals surface area (Å²) in [5, 5.41) is 8.86. The van der Waals surface area contributed by atoms with Crippen LogP contribution in [0.25, 0.3) is 6.08 Å². The highest BCUT2D eigenvalue weighted by Gasteiger charge is 2.35. The van der Waals surface area contributed by atoms with Gasteiger partial charge in [0.15, 0.2) is 0 Å². The van der Waals surface area contributed by atoms with E-state index < -0.39 is 0 Å². The maximum atomic E-state index is 13.3. The summed E-state index contributed by atoms with van der Waals surface area (Å²) in [6, 6.07) is 22.2. The molecule has 0 N–H and O–H groups in total. The zero-order chi connectivity index (χ0) is 22.5. The molecule has 158 valence electrons. The second kappa shape index (κ2) is 9.50. The number of carbonyl (C=O) groups is 2. The van der Waals surface area contributed by atoms with E-state index in [2.05, 4.69) is 6.07 Å². The van der Waals surface area contributed by atoms with Crippen molar-refractivity contribution in [1.82, 2.24) is 4.90 Å². The number of amides is 2. The number of benzene rings is 3. The Morgan fingerprint density at radius 3 is 2.56 bits per heavy atom. The van der Waals surface area contributed by atoms with Gasteiger partial charge in [0.05, 0.1) is 23.1 Å². The maximum Gasteiger partial charge on any atom is 0.293 e. The van der Waals surface area contributed by atoms with Gasteiger partial charge in [-0.3, -0.25) is 14.5 Å². The largest absolute Gasteiger partial charge is 0.489 e. The monoisotopic (exact) mass is 444 g/mol. The van der Waals surface area contributed by atoms with E-state index in [1.54, 1.807) is 66.7 Å². The second-order valence-corrected chi connectivity index (χ2v) is 8.02. The van der Waals surface area contributed by atoms with Crippen molar-refractivity contribution in [3.8, 4) is 11.8 Å². The molecule has 1 heterocycles. The molecule has 0 atom stereocenters. The third kappa shape index (κ3) is 4.88. The van der Waals surface area contributed by atoms with Gasteiger partial charge in [-0.15, -0.1) is 0 Å². The SMILES string of the molecule is N#Cc1ccccc1CN1C(=O)S/C(=C/c2ccc(OCc3cccc(F)c3)cc2)C1=O. The van der Waals surface area contributed by atoms with Crippen LogP contribution < -0.4 is 4.74 Å². The third-order valence-electron chi connectivity index (χ3n) is 4.81. The summed E-state index contributed by atoms with van der Waals surface area (Å²) in [5.74, 6) is -0.0988. The quantitative estimate of drug-likeness (QED) is 0.469. The average molecular weight is 444 g/mol. The first-order valence-electron chi connectivity index (χ1n) is 9.74. The standard InChI is InChI=1S/C25H17FN2O3S/c26-21-7-3-4-18(12-21)16-31-22-10-8-17(9-11-22)13-23-24(29)28(25(30)32-23)15-20-6-2-1-5-19(20)14-27/h1-13H,15-16H2/b23-13+. The zero-order valence-electron chi connectivity index (χ0n) is 16.8. The number of nitrogens with zero attached hydrogens (tertiary/aromatic N) is 2. The molecule has 1 fully saturated rings. The zero-order valence-corrected chi connectivity index (χ0v) is 17.6. The molecule has 1 aliphatic heterocycles. The number of hydrogen-bond donors (Lipinski definition) is 0. The van der Waals surface area contributed by atoms with Crippen LogP contribution in [0.2, 0.25) is 0 Å². The number of nitriles is 1. The predicted octanol–water partition coefficient (Wildman–Crippen LogP) is 5.51. The molecule has 4 rings (SSSR count). The molecule has 0 saturated carbocycles. The van der Waals surface area contributed by atoms with Crippen molar-refractivity contribution in [1.29, 1.82) is 5.26 Å². The van der Waals surface area contributed by atoms with Gasteiger partial charge >= 0.3 is 0 Å². The Kier molecular flexibility index (Phi) is 6.34. The fraction of sp³-hybridized carbons (Fsp3) is 0.0800. The van der Waals surface area contributed by atoms with Gasteiger partial charge in [0, 0.05) is 0 Å². The second-order valence-electron chi connectivity index (χ2n) is 7.02. The van der Waals surface area contributed by atoms with E-state index in [1.807, 2.05) is 0 Å². The molecule has 0 unspecified atom stereocenters. The molecular formula is C25H17FN2O3S. The van der Waals surface area contributed by atoms with E-state index >= 15 is 0 Å². The number of hydrogen-bond acceptors (Lipinski definition) is 5. The highest BCUT2D eigenvalue weighted by Crippen LogP contribution is 2.33. The summed E-state index contributed by atoms with van der Waals surface area (Å²) in [6.07, 6.45) is 1.65. The summed E-state index contributed by atoms with van der Waals surface area (Å²) in [5.41, 5.74) is 2.52. The van der Waals surface area contributed by atoms with Crippen molar-refractivity contribution >= 4 is 29.0 Å². The first-order valence-corrected chi connectivity index (χ1v) is 10.6. The lowest BCUT2D eigenvalue weighted by Crippen LogP contribution is -2.27.